The van der Waals surface area contributed by atoms with Gasteiger partial charge >= 0.3 is 0 Å². The van der Waals surface area contributed by atoms with Gasteiger partial charge in [-0.2, -0.15) is 0 Å². The highest BCUT2D eigenvalue weighted by molar-refractivity contribution is 5.85. The first kappa shape index (κ1) is 16.6. The molecule has 1 aliphatic heterocycles. The summed E-state index contributed by atoms with van der Waals surface area (Å²) in [5.41, 5.74) is 3.93. The van der Waals surface area contributed by atoms with Crippen molar-refractivity contribution < 1.29 is 4.74 Å². The number of piperidine rings is 1. The molecule has 0 radical (unpaired) electrons. The molecule has 1 saturated heterocycles. The zero-order chi connectivity index (χ0) is 14.3. The van der Waals surface area contributed by atoms with Crippen molar-refractivity contribution in [2.24, 2.45) is 0 Å². The second-order valence-corrected chi connectivity index (χ2v) is 5.43. The van der Waals surface area contributed by atoms with Crippen LogP contribution in [0.4, 0.5) is 0 Å². The summed E-state index contributed by atoms with van der Waals surface area (Å²) in [6, 6.07) is 18.6. The fraction of sp³-hybridized carbons (Fsp3) is 0.263. The fourth-order valence-corrected chi connectivity index (χ4v) is 2.54. The van der Waals surface area contributed by atoms with Crippen LogP contribution in [0, 0.1) is 0 Å². The maximum atomic E-state index is 5.80. The Hall–Kier alpha value is -1.77. The molecule has 0 amide bonds. The zero-order valence-electron chi connectivity index (χ0n) is 12.6. The van der Waals surface area contributed by atoms with Crippen LogP contribution in [0.5, 0.6) is 5.75 Å². The van der Waals surface area contributed by atoms with Crippen LogP contribution >= 0.6 is 12.4 Å². The van der Waals surface area contributed by atoms with Gasteiger partial charge in [0.2, 0.25) is 0 Å². The van der Waals surface area contributed by atoms with E-state index in [0.29, 0.717) is 6.61 Å². The molecule has 2 aromatic carbocycles. The van der Waals surface area contributed by atoms with Gasteiger partial charge in [0.25, 0.3) is 0 Å². The van der Waals surface area contributed by atoms with Gasteiger partial charge in [-0.25, -0.2) is 0 Å². The summed E-state index contributed by atoms with van der Waals surface area (Å²) in [6.45, 7) is 2.78. The van der Waals surface area contributed by atoms with E-state index in [1.165, 1.54) is 29.5 Å². The second-order valence-electron chi connectivity index (χ2n) is 5.43. The summed E-state index contributed by atoms with van der Waals surface area (Å²) < 4.78 is 5.80. The predicted octanol–water partition coefficient (Wildman–Crippen LogP) is 4.45. The minimum Gasteiger partial charge on any atom is -0.489 e. The van der Waals surface area contributed by atoms with E-state index in [1.54, 1.807) is 0 Å². The van der Waals surface area contributed by atoms with E-state index in [4.69, 9.17) is 4.74 Å². The lowest BCUT2D eigenvalue weighted by Crippen LogP contribution is -2.23. The molecular formula is C19H22ClNO. The summed E-state index contributed by atoms with van der Waals surface area (Å²) in [5, 5.41) is 3.41. The minimum atomic E-state index is 0. The van der Waals surface area contributed by atoms with Crippen molar-refractivity contribution in [3.8, 4) is 5.75 Å². The number of nitrogens with one attached hydrogen (secondary N) is 1. The topological polar surface area (TPSA) is 21.3 Å². The molecule has 0 atom stereocenters. The zero-order valence-corrected chi connectivity index (χ0v) is 13.4. The van der Waals surface area contributed by atoms with Crippen LogP contribution in [0.15, 0.2) is 60.2 Å². The number of benzene rings is 2. The molecule has 0 aromatic heterocycles. The predicted molar refractivity (Wildman–Crippen MR) is 94.5 cm³/mol. The van der Waals surface area contributed by atoms with E-state index < -0.39 is 0 Å². The number of hydrogen-bond donors (Lipinski definition) is 1. The van der Waals surface area contributed by atoms with E-state index in [-0.39, 0.29) is 12.4 Å². The van der Waals surface area contributed by atoms with Gasteiger partial charge in [-0.1, -0.05) is 54.1 Å². The second kappa shape index (κ2) is 8.62. The normalized spacial score (nSPS) is 16.1. The molecule has 0 aliphatic carbocycles. The first-order valence-electron chi connectivity index (χ1n) is 7.57. The van der Waals surface area contributed by atoms with Crippen molar-refractivity contribution in [1.29, 1.82) is 0 Å². The van der Waals surface area contributed by atoms with Crippen molar-refractivity contribution in [3.63, 3.8) is 0 Å². The van der Waals surface area contributed by atoms with Gasteiger partial charge in [0, 0.05) is 6.54 Å². The molecule has 3 heteroatoms. The van der Waals surface area contributed by atoms with Gasteiger partial charge in [0.1, 0.15) is 12.4 Å². The Morgan fingerprint density at radius 2 is 1.77 bits per heavy atom. The lowest BCUT2D eigenvalue weighted by molar-refractivity contribution is 0.306. The molecular weight excluding hydrogens is 294 g/mol. The Balaban J connectivity index is 0.00000176. The van der Waals surface area contributed by atoms with E-state index >= 15 is 0 Å². The summed E-state index contributed by atoms with van der Waals surface area (Å²) in [7, 11) is 0. The van der Waals surface area contributed by atoms with Crippen LogP contribution in [-0.2, 0) is 6.61 Å². The molecule has 1 heterocycles. The third-order valence-corrected chi connectivity index (χ3v) is 3.70. The summed E-state index contributed by atoms with van der Waals surface area (Å²) in [4.78, 5) is 0. The third-order valence-electron chi connectivity index (χ3n) is 3.70. The highest BCUT2D eigenvalue weighted by Crippen LogP contribution is 2.18. The maximum Gasteiger partial charge on any atom is 0.119 e. The Kier molecular flexibility index (Phi) is 6.50. The molecule has 22 heavy (non-hydrogen) atoms. The van der Waals surface area contributed by atoms with Gasteiger partial charge in [0.05, 0.1) is 0 Å². The van der Waals surface area contributed by atoms with Crippen LogP contribution in [-0.4, -0.2) is 13.1 Å². The SMILES string of the molecule is C(=C1/CCCNC1)/c1ccc(OCc2ccccc2)cc1.Cl. The summed E-state index contributed by atoms with van der Waals surface area (Å²) >= 11 is 0. The van der Waals surface area contributed by atoms with Crippen LogP contribution in [0.1, 0.15) is 24.0 Å². The number of halogens is 1. The van der Waals surface area contributed by atoms with Gasteiger partial charge in [-0.3, -0.25) is 0 Å². The average Bonchev–Trinajstić information content (AvgIpc) is 2.56. The van der Waals surface area contributed by atoms with Crippen molar-refractivity contribution in [1.82, 2.24) is 5.32 Å². The highest BCUT2D eigenvalue weighted by Gasteiger charge is 2.04. The molecule has 2 nitrogen and oxygen atoms in total. The monoisotopic (exact) mass is 315 g/mol. The Bertz CT molecular complexity index is 585. The first-order valence-corrected chi connectivity index (χ1v) is 7.57. The molecule has 1 N–H and O–H groups in total. The van der Waals surface area contributed by atoms with Crippen LogP contribution in [0.25, 0.3) is 6.08 Å². The van der Waals surface area contributed by atoms with E-state index in [2.05, 4.69) is 35.7 Å². The van der Waals surface area contributed by atoms with E-state index in [9.17, 15) is 0 Å². The number of ether oxygens (including phenoxy) is 1. The van der Waals surface area contributed by atoms with E-state index in [1.807, 2.05) is 30.3 Å². The molecule has 3 rings (SSSR count). The van der Waals surface area contributed by atoms with Gasteiger partial charge in [-0.05, 0) is 42.6 Å². The summed E-state index contributed by atoms with van der Waals surface area (Å²) in [6.07, 6.45) is 4.73. The third kappa shape index (κ3) is 4.90. The molecule has 0 spiro atoms. The van der Waals surface area contributed by atoms with Crippen molar-refractivity contribution in [3.05, 3.63) is 71.3 Å². The smallest absolute Gasteiger partial charge is 0.119 e. The minimum absolute atomic E-state index is 0. The first-order chi connectivity index (χ1) is 10.4. The molecule has 116 valence electrons. The Morgan fingerprint density at radius 1 is 1.00 bits per heavy atom. The van der Waals surface area contributed by atoms with Gasteiger partial charge in [-0.15, -0.1) is 12.4 Å². The average molecular weight is 316 g/mol. The van der Waals surface area contributed by atoms with Crippen molar-refractivity contribution in [2.45, 2.75) is 19.4 Å². The molecule has 0 unspecified atom stereocenters. The Labute approximate surface area is 138 Å². The molecule has 0 saturated carbocycles. The van der Waals surface area contributed by atoms with Gasteiger partial charge < -0.3 is 10.1 Å². The van der Waals surface area contributed by atoms with Crippen LogP contribution in [0.2, 0.25) is 0 Å². The van der Waals surface area contributed by atoms with Gasteiger partial charge in [0.15, 0.2) is 0 Å². The summed E-state index contributed by atoms with van der Waals surface area (Å²) in [5.74, 6) is 0.919. The molecule has 0 bridgehead atoms. The quantitative estimate of drug-likeness (QED) is 0.899. The maximum absolute atomic E-state index is 5.80. The Morgan fingerprint density at radius 3 is 2.45 bits per heavy atom. The number of rotatable bonds is 4. The number of hydrogen-bond acceptors (Lipinski definition) is 2. The van der Waals surface area contributed by atoms with Crippen LogP contribution in [0.3, 0.4) is 0 Å². The lowest BCUT2D eigenvalue weighted by Gasteiger charge is -2.15. The highest BCUT2D eigenvalue weighted by atomic mass is 35.5. The van der Waals surface area contributed by atoms with E-state index in [0.717, 1.165) is 18.8 Å². The molecule has 1 fully saturated rings. The fourth-order valence-electron chi connectivity index (χ4n) is 2.54. The van der Waals surface area contributed by atoms with Crippen LogP contribution < -0.4 is 10.1 Å². The molecule has 2 aromatic rings. The largest absolute Gasteiger partial charge is 0.489 e. The standard InChI is InChI=1S/C19H21NO.ClH/c1-2-5-17(6-3-1)15-21-19-10-8-16(9-11-19)13-18-7-4-12-20-14-18;/h1-3,5-6,8-11,13,20H,4,7,12,14-15H2;1H/b18-13+;. The lowest BCUT2D eigenvalue weighted by atomic mass is 10.0. The van der Waals surface area contributed by atoms with Crippen molar-refractivity contribution >= 4 is 18.5 Å². The molecule has 1 aliphatic rings. The van der Waals surface area contributed by atoms with Crippen molar-refractivity contribution in [2.75, 3.05) is 13.1 Å².